The van der Waals surface area contributed by atoms with E-state index in [2.05, 4.69) is 11.8 Å². The van der Waals surface area contributed by atoms with Gasteiger partial charge in [-0.1, -0.05) is 12.1 Å². The first-order chi connectivity index (χ1) is 11.1. The van der Waals surface area contributed by atoms with Crippen LogP contribution in [0, 0.1) is 0 Å². The Morgan fingerprint density at radius 1 is 1.30 bits per heavy atom. The molecule has 1 fully saturated rings. The first kappa shape index (κ1) is 16.1. The number of nitrogens with zero attached hydrogens (tertiary/aromatic N) is 2. The van der Waals surface area contributed by atoms with E-state index in [1.165, 1.54) is 0 Å². The molecule has 0 aromatic heterocycles. The second-order valence-corrected chi connectivity index (χ2v) is 6.44. The number of carbonyl (C=O) groups excluding carboxylic acids is 2. The quantitative estimate of drug-likeness (QED) is 0.847. The molecule has 1 aliphatic heterocycles. The summed E-state index contributed by atoms with van der Waals surface area (Å²) >= 11 is 0. The molecule has 0 bridgehead atoms. The fourth-order valence-electron chi connectivity index (χ4n) is 3.51. The van der Waals surface area contributed by atoms with Crippen LogP contribution in [0.4, 0.5) is 0 Å². The maximum absolute atomic E-state index is 12.8. The van der Waals surface area contributed by atoms with E-state index in [9.17, 15) is 9.59 Å². The van der Waals surface area contributed by atoms with Crippen LogP contribution in [0.3, 0.4) is 0 Å². The monoisotopic (exact) mass is 316 g/mol. The molecular weight excluding hydrogens is 292 g/mol. The van der Waals surface area contributed by atoms with Crippen LogP contribution in [0.2, 0.25) is 0 Å². The Labute approximate surface area is 137 Å². The van der Waals surface area contributed by atoms with Crippen molar-refractivity contribution in [2.24, 2.45) is 0 Å². The van der Waals surface area contributed by atoms with Crippen LogP contribution < -0.4 is 0 Å². The number of fused-ring (bicyclic) bond motifs is 1. The Morgan fingerprint density at radius 3 is 2.78 bits per heavy atom. The highest BCUT2D eigenvalue weighted by molar-refractivity contribution is 6.05. The smallest absolute Gasteiger partial charge is 0.253 e. The number of hydrogen-bond donors (Lipinski definition) is 0. The molecule has 1 amide bonds. The van der Waals surface area contributed by atoms with E-state index in [0.717, 1.165) is 37.4 Å². The largest absolute Gasteiger partial charge is 0.379 e. The summed E-state index contributed by atoms with van der Waals surface area (Å²) in [5.74, 6) is 0.163. The van der Waals surface area contributed by atoms with Gasteiger partial charge in [-0.25, -0.2) is 0 Å². The molecule has 0 radical (unpaired) electrons. The van der Waals surface area contributed by atoms with Gasteiger partial charge in [-0.15, -0.1) is 0 Å². The average Bonchev–Trinajstić information content (AvgIpc) is 2.96. The van der Waals surface area contributed by atoms with E-state index >= 15 is 0 Å². The molecule has 3 rings (SSSR count). The first-order valence-corrected chi connectivity index (χ1v) is 8.30. The molecule has 0 spiro atoms. The SMILES string of the molecule is CC(CN(C)C(=O)c1cccc2c1CCC2=O)N1CCOCC1. The summed E-state index contributed by atoms with van der Waals surface area (Å²) in [7, 11) is 1.84. The maximum atomic E-state index is 12.8. The Kier molecular flexibility index (Phi) is 4.78. The molecule has 1 heterocycles. The third-order valence-electron chi connectivity index (χ3n) is 4.86. The van der Waals surface area contributed by atoms with Gasteiger partial charge in [0, 0.05) is 50.3 Å². The number of ether oxygens (including phenoxy) is 1. The van der Waals surface area contributed by atoms with E-state index in [-0.39, 0.29) is 11.7 Å². The number of rotatable bonds is 4. The number of benzene rings is 1. The zero-order valence-corrected chi connectivity index (χ0v) is 13.9. The molecule has 1 aromatic rings. The zero-order valence-electron chi connectivity index (χ0n) is 13.9. The lowest BCUT2D eigenvalue weighted by atomic mass is 10.0. The van der Waals surface area contributed by atoms with E-state index in [0.29, 0.717) is 31.0 Å². The van der Waals surface area contributed by atoms with Gasteiger partial charge in [0.1, 0.15) is 0 Å². The predicted octanol–water partition coefficient (Wildman–Crippen LogP) is 1.61. The fourth-order valence-corrected chi connectivity index (χ4v) is 3.51. The summed E-state index contributed by atoms with van der Waals surface area (Å²) in [6, 6.07) is 5.79. The molecule has 1 atom stereocenters. The van der Waals surface area contributed by atoms with Gasteiger partial charge < -0.3 is 9.64 Å². The van der Waals surface area contributed by atoms with Crippen molar-refractivity contribution in [2.75, 3.05) is 39.9 Å². The Bertz CT molecular complexity index is 608. The third-order valence-corrected chi connectivity index (χ3v) is 4.86. The van der Waals surface area contributed by atoms with Gasteiger partial charge >= 0.3 is 0 Å². The van der Waals surface area contributed by atoms with Crippen molar-refractivity contribution < 1.29 is 14.3 Å². The van der Waals surface area contributed by atoms with Crippen molar-refractivity contribution in [1.29, 1.82) is 0 Å². The minimum Gasteiger partial charge on any atom is -0.379 e. The third kappa shape index (κ3) is 3.31. The van der Waals surface area contributed by atoms with Gasteiger partial charge in [0.05, 0.1) is 13.2 Å². The summed E-state index contributed by atoms with van der Waals surface area (Å²) < 4.78 is 5.38. The van der Waals surface area contributed by atoms with E-state index < -0.39 is 0 Å². The van der Waals surface area contributed by atoms with Crippen LogP contribution in [0.5, 0.6) is 0 Å². The zero-order chi connectivity index (χ0) is 16.4. The average molecular weight is 316 g/mol. The van der Waals surface area contributed by atoms with E-state index in [1.807, 2.05) is 25.2 Å². The minimum atomic E-state index is 0.0108. The van der Waals surface area contributed by atoms with Gasteiger partial charge in [-0.2, -0.15) is 0 Å². The van der Waals surface area contributed by atoms with Gasteiger partial charge in [-0.05, 0) is 25.0 Å². The van der Waals surface area contributed by atoms with Crippen LogP contribution in [0.1, 0.15) is 39.6 Å². The second kappa shape index (κ2) is 6.81. The van der Waals surface area contributed by atoms with Crippen molar-refractivity contribution in [1.82, 2.24) is 9.80 Å². The van der Waals surface area contributed by atoms with Crippen LogP contribution in [-0.2, 0) is 11.2 Å². The molecule has 0 saturated carbocycles. The number of Topliss-reactive ketones (excluding diaryl/α,β-unsaturated/α-hetero) is 1. The van der Waals surface area contributed by atoms with Crippen molar-refractivity contribution in [3.63, 3.8) is 0 Å². The van der Waals surface area contributed by atoms with Crippen LogP contribution in [0.25, 0.3) is 0 Å². The first-order valence-electron chi connectivity index (χ1n) is 8.30. The summed E-state index contributed by atoms with van der Waals surface area (Å²) in [4.78, 5) is 28.8. The lowest BCUT2D eigenvalue weighted by molar-refractivity contribution is 0.0142. The summed E-state index contributed by atoms with van der Waals surface area (Å²) in [5.41, 5.74) is 2.34. The summed E-state index contributed by atoms with van der Waals surface area (Å²) in [6.07, 6.45) is 1.20. The lowest BCUT2D eigenvalue weighted by Gasteiger charge is -2.34. The molecular formula is C18H24N2O3. The van der Waals surface area contributed by atoms with Crippen molar-refractivity contribution in [2.45, 2.75) is 25.8 Å². The highest BCUT2D eigenvalue weighted by Gasteiger charge is 2.27. The molecule has 5 heteroatoms. The second-order valence-electron chi connectivity index (χ2n) is 6.44. The Hall–Kier alpha value is -1.72. The number of morpholine rings is 1. The maximum Gasteiger partial charge on any atom is 0.253 e. The Morgan fingerprint density at radius 2 is 2.04 bits per heavy atom. The van der Waals surface area contributed by atoms with Crippen molar-refractivity contribution in [3.8, 4) is 0 Å². The fraction of sp³-hybridized carbons (Fsp3) is 0.556. The molecule has 124 valence electrons. The number of likely N-dealkylation sites (N-methyl/N-ethyl adjacent to an activating group) is 1. The highest BCUT2D eigenvalue weighted by atomic mass is 16.5. The number of amides is 1. The Balaban J connectivity index is 1.69. The van der Waals surface area contributed by atoms with Gasteiger partial charge in [0.2, 0.25) is 0 Å². The molecule has 2 aliphatic rings. The molecule has 1 aliphatic carbocycles. The van der Waals surface area contributed by atoms with Gasteiger partial charge in [-0.3, -0.25) is 14.5 Å². The number of ketones is 1. The minimum absolute atomic E-state index is 0.0108. The highest BCUT2D eigenvalue weighted by Crippen LogP contribution is 2.26. The van der Waals surface area contributed by atoms with Gasteiger partial charge in [0.15, 0.2) is 5.78 Å². The molecule has 23 heavy (non-hydrogen) atoms. The van der Waals surface area contributed by atoms with Crippen LogP contribution in [0.15, 0.2) is 18.2 Å². The topological polar surface area (TPSA) is 49.9 Å². The predicted molar refractivity (Wildman–Crippen MR) is 87.9 cm³/mol. The molecule has 5 nitrogen and oxygen atoms in total. The van der Waals surface area contributed by atoms with E-state index in [4.69, 9.17) is 4.74 Å². The lowest BCUT2D eigenvalue weighted by Crippen LogP contribution is -2.47. The normalized spacial score (nSPS) is 19.5. The molecule has 0 N–H and O–H groups in total. The van der Waals surface area contributed by atoms with E-state index in [1.54, 1.807) is 4.90 Å². The van der Waals surface area contributed by atoms with Crippen LogP contribution in [-0.4, -0.2) is 67.4 Å². The summed E-state index contributed by atoms with van der Waals surface area (Å²) in [6.45, 7) is 6.17. The number of hydrogen-bond acceptors (Lipinski definition) is 4. The van der Waals surface area contributed by atoms with Crippen LogP contribution >= 0.6 is 0 Å². The molecule has 1 aromatic carbocycles. The van der Waals surface area contributed by atoms with Gasteiger partial charge in [0.25, 0.3) is 5.91 Å². The number of carbonyl (C=O) groups is 2. The molecule has 1 unspecified atom stereocenters. The standard InChI is InChI=1S/C18H24N2O3/c1-13(20-8-10-23-11-9-20)12-19(2)18(22)16-5-3-4-15-14(16)6-7-17(15)21/h3-5,13H,6-12H2,1-2H3. The summed E-state index contributed by atoms with van der Waals surface area (Å²) in [5, 5.41) is 0. The van der Waals surface area contributed by atoms with Crippen molar-refractivity contribution in [3.05, 3.63) is 34.9 Å². The van der Waals surface area contributed by atoms with Crippen molar-refractivity contribution >= 4 is 11.7 Å². The molecule has 1 saturated heterocycles.